The summed E-state index contributed by atoms with van der Waals surface area (Å²) in [6.07, 6.45) is 5.40. The van der Waals surface area contributed by atoms with E-state index in [9.17, 15) is 0 Å². The second-order valence-corrected chi connectivity index (χ2v) is 6.32. The van der Waals surface area contributed by atoms with Crippen LogP contribution in [0.3, 0.4) is 0 Å². The first kappa shape index (κ1) is 16.3. The Kier molecular flexibility index (Phi) is 5.65. The van der Waals surface area contributed by atoms with Crippen molar-refractivity contribution in [2.45, 2.75) is 57.6 Å². The zero-order chi connectivity index (χ0) is 15.3. The highest BCUT2D eigenvalue weighted by Crippen LogP contribution is 2.43. The van der Waals surface area contributed by atoms with Gasteiger partial charge < -0.3 is 15.2 Å². The SMILES string of the molecule is CCCOc1ccccc1C(N)C1(OC)CCC(C)CC1. The third-order valence-electron chi connectivity index (χ3n) is 4.81. The molecule has 118 valence electrons. The largest absolute Gasteiger partial charge is 0.493 e. The Morgan fingerprint density at radius 2 is 1.95 bits per heavy atom. The number of hydrogen-bond donors (Lipinski definition) is 1. The lowest BCUT2D eigenvalue weighted by Gasteiger charge is -2.43. The fraction of sp³-hybridized carbons (Fsp3) is 0.667. The molecular weight excluding hydrogens is 262 g/mol. The minimum Gasteiger partial charge on any atom is -0.493 e. The van der Waals surface area contributed by atoms with Crippen LogP contribution in [-0.4, -0.2) is 19.3 Å². The van der Waals surface area contributed by atoms with Gasteiger partial charge in [-0.25, -0.2) is 0 Å². The zero-order valence-electron chi connectivity index (χ0n) is 13.6. The third-order valence-corrected chi connectivity index (χ3v) is 4.81. The molecule has 0 aromatic heterocycles. The summed E-state index contributed by atoms with van der Waals surface area (Å²) in [7, 11) is 1.80. The van der Waals surface area contributed by atoms with E-state index in [1.807, 2.05) is 18.2 Å². The monoisotopic (exact) mass is 291 g/mol. The van der Waals surface area contributed by atoms with Crippen LogP contribution >= 0.6 is 0 Å². The van der Waals surface area contributed by atoms with Gasteiger partial charge in [0, 0.05) is 12.7 Å². The van der Waals surface area contributed by atoms with Gasteiger partial charge in [-0.1, -0.05) is 32.0 Å². The van der Waals surface area contributed by atoms with E-state index >= 15 is 0 Å². The third kappa shape index (κ3) is 3.58. The molecule has 1 aromatic rings. The van der Waals surface area contributed by atoms with E-state index < -0.39 is 0 Å². The first-order valence-electron chi connectivity index (χ1n) is 8.15. The zero-order valence-corrected chi connectivity index (χ0v) is 13.6. The molecule has 2 N–H and O–H groups in total. The smallest absolute Gasteiger partial charge is 0.124 e. The molecule has 0 heterocycles. The van der Waals surface area contributed by atoms with Crippen molar-refractivity contribution in [2.75, 3.05) is 13.7 Å². The Balaban J connectivity index is 2.23. The van der Waals surface area contributed by atoms with E-state index in [1.165, 1.54) is 12.8 Å². The van der Waals surface area contributed by atoms with Crippen molar-refractivity contribution in [2.24, 2.45) is 11.7 Å². The van der Waals surface area contributed by atoms with Gasteiger partial charge in [-0.15, -0.1) is 0 Å². The second-order valence-electron chi connectivity index (χ2n) is 6.32. The van der Waals surface area contributed by atoms with Crippen LogP contribution in [0.4, 0.5) is 0 Å². The van der Waals surface area contributed by atoms with Crippen LogP contribution in [-0.2, 0) is 4.74 Å². The predicted molar refractivity (Wildman–Crippen MR) is 86.5 cm³/mol. The lowest BCUT2D eigenvalue weighted by molar-refractivity contribution is -0.0676. The topological polar surface area (TPSA) is 44.5 Å². The molecule has 1 aromatic carbocycles. The number of ether oxygens (including phenoxy) is 2. The molecule has 0 spiro atoms. The summed E-state index contributed by atoms with van der Waals surface area (Å²) in [6, 6.07) is 7.99. The number of benzene rings is 1. The van der Waals surface area contributed by atoms with Gasteiger partial charge in [0.15, 0.2) is 0 Å². The summed E-state index contributed by atoms with van der Waals surface area (Å²) in [5.41, 5.74) is 7.45. The minimum atomic E-state index is -0.252. The lowest BCUT2D eigenvalue weighted by atomic mass is 9.73. The molecule has 0 amide bonds. The quantitative estimate of drug-likeness (QED) is 0.859. The summed E-state index contributed by atoms with van der Waals surface area (Å²) in [4.78, 5) is 0. The molecule has 3 heteroatoms. The standard InChI is InChI=1S/C18H29NO2/c1-4-13-21-16-8-6-5-7-15(16)17(19)18(20-3)11-9-14(2)10-12-18/h5-8,14,17H,4,9-13,19H2,1-3H3. The van der Waals surface area contributed by atoms with E-state index in [1.54, 1.807) is 7.11 Å². The molecule has 0 saturated heterocycles. The Morgan fingerprint density at radius 3 is 2.57 bits per heavy atom. The number of para-hydroxylation sites is 1. The van der Waals surface area contributed by atoms with Gasteiger partial charge in [-0.3, -0.25) is 0 Å². The van der Waals surface area contributed by atoms with Gasteiger partial charge in [0.1, 0.15) is 5.75 Å². The van der Waals surface area contributed by atoms with E-state index in [2.05, 4.69) is 19.9 Å². The summed E-state index contributed by atoms with van der Waals surface area (Å²) in [5, 5.41) is 0. The molecule has 1 fully saturated rings. The van der Waals surface area contributed by atoms with Crippen LogP contribution in [0.2, 0.25) is 0 Å². The van der Waals surface area contributed by atoms with Gasteiger partial charge in [0.25, 0.3) is 0 Å². The molecule has 0 aliphatic heterocycles. The van der Waals surface area contributed by atoms with Crippen molar-refractivity contribution in [1.82, 2.24) is 0 Å². The van der Waals surface area contributed by atoms with Crippen LogP contribution in [0.5, 0.6) is 5.75 Å². The van der Waals surface area contributed by atoms with Crippen molar-refractivity contribution in [3.63, 3.8) is 0 Å². The number of hydrogen-bond acceptors (Lipinski definition) is 3. The molecule has 0 radical (unpaired) electrons. The number of methoxy groups -OCH3 is 1. The summed E-state index contributed by atoms with van der Waals surface area (Å²) in [5.74, 6) is 1.67. The Bertz CT molecular complexity index is 439. The molecule has 21 heavy (non-hydrogen) atoms. The van der Waals surface area contributed by atoms with Crippen molar-refractivity contribution in [3.05, 3.63) is 29.8 Å². The fourth-order valence-corrected chi connectivity index (χ4v) is 3.26. The molecule has 3 nitrogen and oxygen atoms in total. The van der Waals surface area contributed by atoms with E-state index in [0.29, 0.717) is 0 Å². The van der Waals surface area contributed by atoms with Gasteiger partial charge in [0.05, 0.1) is 18.2 Å². The highest BCUT2D eigenvalue weighted by molar-refractivity contribution is 5.37. The second kappa shape index (κ2) is 7.28. The van der Waals surface area contributed by atoms with Gasteiger partial charge in [-0.2, -0.15) is 0 Å². The number of nitrogens with two attached hydrogens (primary N) is 1. The van der Waals surface area contributed by atoms with Crippen molar-refractivity contribution in [3.8, 4) is 5.75 Å². The Labute approximate surface area is 128 Å². The molecule has 2 rings (SSSR count). The van der Waals surface area contributed by atoms with Crippen LogP contribution in [0, 0.1) is 5.92 Å². The van der Waals surface area contributed by atoms with Crippen LogP contribution < -0.4 is 10.5 Å². The number of rotatable bonds is 6. The maximum atomic E-state index is 6.63. The molecule has 1 aliphatic carbocycles. The summed E-state index contributed by atoms with van der Waals surface area (Å²) in [6.45, 7) is 5.14. The highest BCUT2D eigenvalue weighted by Gasteiger charge is 2.41. The van der Waals surface area contributed by atoms with Crippen LogP contribution in [0.15, 0.2) is 24.3 Å². The maximum absolute atomic E-state index is 6.63. The maximum Gasteiger partial charge on any atom is 0.124 e. The average Bonchev–Trinajstić information content (AvgIpc) is 2.53. The van der Waals surface area contributed by atoms with E-state index in [4.69, 9.17) is 15.2 Å². The molecule has 1 atom stereocenters. The Morgan fingerprint density at radius 1 is 1.29 bits per heavy atom. The van der Waals surface area contributed by atoms with Gasteiger partial charge >= 0.3 is 0 Å². The minimum absolute atomic E-state index is 0.136. The fourth-order valence-electron chi connectivity index (χ4n) is 3.26. The van der Waals surface area contributed by atoms with Crippen LogP contribution in [0.25, 0.3) is 0 Å². The van der Waals surface area contributed by atoms with Crippen molar-refractivity contribution < 1.29 is 9.47 Å². The van der Waals surface area contributed by atoms with E-state index in [0.717, 1.165) is 43.1 Å². The van der Waals surface area contributed by atoms with Crippen molar-refractivity contribution in [1.29, 1.82) is 0 Å². The van der Waals surface area contributed by atoms with Gasteiger partial charge in [0.2, 0.25) is 0 Å². The molecule has 1 aliphatic rings. The normalized spacial score (nSPS) is 27.3. The van der Waals surface area contributed by atoms with Gasteiger partial charge in [-0.05, 0) is 44.1 Å². The first-order valence-corrected chi connectivity index (χ1v) is 8.15. The predicted octanol–water partition coefficient (Wildman–Crippen LogP) is 4.07. The molecule has 0 bridgehead atoms. The first-order chi connectivity index (χ1) is 10.1. The molecular formula is C18H29NO2. The molecule has 1 saturated carbocycles. The molecule has 1 unspecified atom stereocenters. The van der Waals surface area contributed by atoms with Crippen molar-refractivity contribution >= 4 is 0 Å². The Hall–Kier alpha value is -1.06. The lowest BCUT2D eigenvalue weighted by Crippen LogP contribution is -2.45. The average molecular weight is 291 g/mol. The summed E-state index contributed by atoms with van der Waals surface area (Å²) < 4.78 is 11.8. The van der Waals surface area contributed by atoms with E-state index in [-0.39, 0.29) is 11.6 Å². The van der Waals surface area contributed by atoms with Crippen LogP contribution in [0.1, 0.15) is 57.6 Å². The summed E-state index contributed by atoms with van der Waals surface area (Å²) >= 11 is 0. The highest BCUT2D eigenvalue weighted by atomic mass is 16.5.